The molecule has 1 aromatic heterocycles. The van der Waals surface area contributed by atoms with Crippen molar-refractivity contribution in [2.24, 2.45) is 13.0 Å². The second kappa shape index (κ2) is 5.25. The van der Waals surface area contributed by atoms with Crippen LogP contribution in [0.3, 0.4) is 0 Å². The molecule has 0 spiro atoms. The highest BCUT2D eigenvalue weighted by molar-refractivity contribution is 5.97. The van der Waals surface area contributed by atoms with E-state index >= 15 is 0 Å². The van der Waals surface area contributed by atoms with Gasteiger partial charge in [-0.25, -0.2) is 0 Å². The highest BCUT2D eigenvalue weighted by atomic mass is 16.5. The summed E-state index contributed by atoms with van der Waals surface area (Å²) in [6.45, 7) is 1.40. The van der Waals surface area contributed by atoms with Gasteiger partial charge >= 0.3 is 0 Å². The largest absolute Gasteiger partial charge is 0.373 e. The standard InChI is InChI=1S/C17H19N3O2/c1-19-11-13(10-18-19)16-14(7-9-22-16)17(21)20-8-6-12-4-2-3-5-15(12)20/h2-5,10-11,14,16H,6-9H2,1H3/t14-,16+/m0/s1. The predicted molar refractivity (Wildman–Crippen MR) is 82.5 cm³/mol. The number of carbonyl (C=O) groups is 1. The summed E-state index contributed by atoms with van der Waals surface area (Å²) in [4.78, 5) is 14.9. The number of anilines is 1. The van der Waals surface area contributed by atoms with Gasteiger partial charge in [0, 0.05) is 37.6 Å². The first-order valence-electron chi connectivity index (χ1n) is 7.73. The van der Waals surface area contributed by atoms with Gasteiger partial charge in [0.2, 0.25) is 5.91 Å². The fraction of sp³-hybridized carbons (Fsp3) is 0.412. The molecule has 0 saturated carbocycles. The van der Waals surface area contributed by atoms with Crippen molar-refractivity contribution in [3.63, 3.8) is 0 Å². The van der Waals surface area contributed by atoms with Crippen molar-refractivity contribution in [2.75, 3.05) is 18.1 Å². The monoisotopic (exact) mass is 297 g/mol. The lowest BCUT2D eigenvalue weighted by Crippen LogP contribution is -2.36. The van der Waals surface area contributed by atoms with Gasteiger partial charge in [0.15, 0.2) is 0 Å². The minimum atomic E-state index is -0.172. The SMILES string of the molecule is Cn1cc([C@H]2OCC[C@@H]2C(=O)N2CCc3ccccc32)cn1. The maximum atomic E-state index is 13.0. The quantitative estimate of drug-likeness (QED) is 0.852. The summed E-state index contributed by atoms with van der Waals surface area (Å²) in [7, 11) is 1.88. The van der Waals surface area contributed by atoms with E-state index in [1.807, 2.05) is 36.3 Å². The lowest BCUT2D eigenvalue weighted by Gasteiger charge is -2.24. The first kappa shape index (κ1) is 13.5. The number of amides is 1. The third-order valence-corrected chi connectivity index (χ3v) is 4.62. The zero-order valence-corrected chi connectivity index (χ0v) is 12.6. The van der Waals surface area contributed by atoms with Crippen LogP contribution in [-0.2, 0) is 23.0 Å². The second-order valence-corrected chi connectivity index (χ2v) is 6.00. The number of rotatable bonds is 2. The number of hydrogen-bond donors (Lipinski definition) is 0. The molecule has 0 unspecified atom stereocenters. The van der Waals surface area contributed by atoms with Crippen LogP contribution in [0.15, 0.2) is 36.7 Å². The zero-order valence-electron chi connectivity index (χ0n) is 12.6. The molecular formula is C17H19N3O2. The number of aryl methyl sites for hydroxylation is 1. The Morgan fingerprint density at radius 3 is 3.05 bits per heavy atom. The summed E-state index contributed by atoms with van der Waals surface area (Å²) in [5, 5.41) is 4.20. The lowest BCUT2D eigenvalue weighted by molar-refractivity contribution is -0.124. The van der Waals surface area contributed by atoms with Crippen molar-refractivity contribution >= 4 is 11.6 Å². The Morgan fingerprint density at radius 2 is 2.23 bits per heavy atom. The molecule has 4 rings (SSSR count). The molecule has 114 valence electrons. The molecule has 0 radical (unpaired) electrons. The number of aromatic nitrogens is 2. The summed E-state index contributed by atoms with van der Waals surface area (Å²) in [5.41, 5.74) is 3.31. The summed E-state index contributed by atoms with van der Waals surface area (Å²) in [6, 6.07) is 8.17. The molecule has 0 bridgehead atoms. The molecule has 22 heavy (non-hydrogen) atoms. The number of carbonyl (C=O) groups excluding carboxylic acids is 1. The van der Waals surface area contributed by atoms with Gasteiger partial charge in [0.25, 0.3) is 0 Å². The van der Waals surface area contributed by atoms with E-state index in [9.17, 15) is 4.79 Å². The average molecular weight is 297 g/mol. The minimum absolute atomic E-state index is 0.115. The summed E-state index contributed by atoms with van der Waals surface area (Å²) in [5.74, 6) is 0.0617. The molecule has 2 aromatic rings. The molecule has 0 aliphatic carbocycles. The van der Waals surface area contributed by atoms with E-state index < -0.39 is 0 Å². The second-order valence-electron chi connectivity index (χ2n) is 6.00. The molecule has 1 fully saturated rings. The van der Waals surface area contributed by atoms with E-state index in [-0.39, 0.29) is 17.9 Å². The highest BCUT2D eigenvalue weighted by Gasteiger charge is 2.39. The number of fused-ring (bicyclic) bond motifs is 1. The van der Waals surface area contributed by atoms with E-state index in [0.29, 0.717) is 6.61 Å². The maximum absolute atomic E-state index is 13.0. The first-order chi connectivity index (χ1) is 10.7. The van der Waals surface area contributed by atoms with Crippen LogP contribution in [0.2, 0.25) is 0 Å². The summed E-state index contributed by atoms with van der Waals surface area (Å²) >= 11 is 0. The van der Waals surface area contributed by atoms with Crippen molar-refractivity contribution in [3.8, 4) is 0 Å². The Labute approximate surface area is 129 Å². The number of ether oxygens (including phenoxy) is 1. The van der Waals surface area contributed by atoms with Gasteiger partial charge in [-0.15, -0.1) is 0 Å². The van der Waals surface area contributed by atoms with Gasteiger partial charge in [-0.1, -0.05) is 18.2 Å². The van der Waals surface area contributed by atoms with Gasteiger partial charge in [-0.05, 0) is 24.5 Å². The Balaban J connectivity index is 1.60. The van der Waals surface area contributed by atoms with Gasteiger partial charge in [-0.2, -0.15) is 5.10 Å². The third-order valence-electron chi connectivity index (χ3n) is 4.62. The predicted octanol–water partition coefficient (Wildman–Crippen LogP) is 2.09. The van der Waals surface area contributed by atoms with E-state index in [2.05, 4.69) is 11.2 Å². The van der Waals surface area contributed by atoms with E-state index in [1.165, 1.54) is 5.56 Å². The molecule has 2 atom stereocenters. The molecule has 5 heteroatoms. The van der Waals surface area contributed by atoms with Crippen LogP contribution in [0.4, 0.5) is 5.69 Å². The molecule has 2 aliphatic heterocycles. The van der Waals surface area contributed by atoms with Crippen LogP contribution in [-0.4, -0.2) is 28.8 Å². The fourth-order valence-corrected chi connectivity index (χ4v) is 3.53. The van der Waals surface area contributed by atoms with Crippen LogP contribution in [0, 0.1) is 5.92 Å². The Hall–Kier alpha value is -2.14. The van der Waals surface area contributed by atoms with Crippen LogP contribution < -0.4 is 4.90 Å². The zero-order chi connectivity index (χ0) is 15.1. The van der Waals surface area contributed by atoms with Crippen molar-refractivity contribution < 1.29 is 9.53 Å². The van der Waals surface area contributed by atoms with Crippen LogP contribution in [0.5, 0.6) is 0 Å². The van der Waals surface area contributed by atoms with E-state index in [0.717, 1.165) is 30.6 Å². The van der Waals surface area contributed by atoms with Crippen molar-refractivity contribution in [1.82, 2.24) is 9.78 Å². The molecule has 5 nitrogen and oxygen atoms in total. The summed E-state index contributed by atoms with van der Waals surface area (Å²) < 4.78 is 7.59. The molecule has 0 N–H and O–H groups in total. The third kappa shape index (κ3) is 2.13. The Morgan fingerprint density at radius 1 is 1.36 bits per heavy atom. The number of hydrogen-bond acceptors (Lipinski definition) is 3. The average Bonchev–Trinajstić information content (AvgIpc) is 3.25. The molecule has 1 amide bonds. The number of benzene rings is 1. The van der Waals surface area contributed by atoms with E-state index in [4.69, 9.17) is 4.74 Å². The Bertz CT molecular complexity index is 709. The van der Waals surface area contributed by atoms with Gasteiger partial charge < -0.3 is 9.64 Å². The highest BCUT2D eigenvalue weighted by Crippen LogP contribution is 2.38. The van der Waals surface area contributed by atoms with Gasteiger partial charge in [0.1, 0.15) is 0 Å². The maximum Gasteiger partial charge on any atom is 0.233 e. The first-order valence-corrected chi connectivity index (χ1v) is 7.73. The fourth-order valence-electron chi connectivity index (χ4n) is 3.53. The molecular weight excluding hydrogens is 278 g/mol. The van der Waals surface area contributed by atoms with Crippen molar-refractivity contribution in [2.45, 2.75) is 18.9 Å². The lowest BCUT2D eigenvalue weighted by atomic mass is 9.95. The smallest absolute Gasteiger partial charge is 0.233 e. The molecule has 1 aromatic carbocycles. The summed E-state index contributed by atoms with van der Waals surface area (Å²) in [6.07, 6.45) is 5.28. The normalized spacial score (nSPS) is 23.8. The van der Waals surface area contributed by atoms with E-state index in [1.54, 1.807) is 10.9 Å². The molecule has 3 heterocycles. The van der Waals surface area contributed by atoms with Crippen LogP contribution in [0.1, 0.15) is 23.7 Å². The van der Waals surface area contributed by atoms with Gasteiger partial charge in [0.05, 0.1) is 18.2 Å². The topological polar surface area (TPSA) is 47.4 Å². The molecule has 1 saturated heterocycles. The number of para-hydroxylation sites is 1. The minimum Gasteiger partial charge on any atom is -0.373 e. The Kier molecular flexibility index (Phi) is 3.22. The van der Waals surface area contributed by atoms with Crippen molar-refractivity contribution in [3.05, 3.63) is 47.8 Å². The van der Waals surface area contributed by atoms with Gasteiger partial charge in [-0.3, -0.25) is 9.48 Å². The van der Waals surface area contributed by atoms with Crippen LogP contribution >= 0.6 is 0 Å². The molecule has 2 aliphatic rings. The van der Waals surface area contributed by atoms with Crippen molar-refractivity contribution in [1.29, 1.82) is 0 Å². The van der Waals surface area contributed by atoms with Crippen LogP contribution in [0.25, 0.3) is 0 Å². The number of nitrogens with zero attached hydrogens (tertiary/aromatic N) is 3.